The molecule has 80 valence electrons. The summed E-state index contributed by atoms with van der Waals surface area (Å²) < 4.78 is 0. The second kappa shape index (κ2) is 5.92. The standard InChI is InChI=1S/C7H14N4O3/c1-11(4-5(9)12)7(14)6(13)10-3-2-8/h2-4,8H2,1H3,(H2,9,12)(H,10,13). The Morgan fingerprint density at radius 3 is 2.36 bits per heavy atom. The fraction of sp³-hybridized carbons (Fsp3) is 0.571. The molecular formula is C7H14N4O3. The molecule has 5 N–H and O–H groups in total. The zero-order valence-corrected chi connectivity index (χ0v) is 7.95. The van der Waals surface area contributed by atoms with Crippen LogP contribution in [0.3, 0.4) is 0 Å². The number of amides is 3. The van der Waals surface area contributed by atoms with Gasteiger partial charge in [-0.15, -0.1) is 0 Å². The van der Waals surface area contributed by atoms with Crippen molar-refractivity contribution in [3.05, 3.63) is 0 Å². The summed E-state index contributed by atoms with van der Waals surface area (Å²) in [7, 11) is 1.31. The third kappa shape index (κ3) is 4.41. The SMILES string of the molecule is CN(CC(N)=O)C(=O)C(=O)NCCN. The second-order valence-corrected chi connectivity index (χ2v) is 2.67. The third-order valence-electron chi connectivity index (χ3n) is 1.36. The molecular weight excluding hydrogens is 188 g/mol. The van der Waals surface area contributed by atoms with Crippen molar-refractivity contribution < 1.29 is 14.4 Å². The van der Waals surface area contributed by atoms with E-state index in [1.54, 1.807) is 0 Å². The van der Waals surface area contributed by atoms with Crippen LogP contribution in [0.4, 0.5) is 0 Å². The number of nitrogens with one attached hydrogen (secondary N) is 1. The number of nitrogens with two attached hydrogens (primary N) is 2. The van der Waals surface area contributed by atoms with Crippen LogP contribution >= 0.6 is 0 Å². The number of rotatable bonds is 4. The van der Waals surface area contributed by atoms with E-state index in [-0.39, 0.29) is 19.6 Å². The Hall–Kier alpha value is -1.63. The maximum absolute atomic E-state index is 11.1. The number of carbonyl (C=O) groups is 3. The topological polar surface area (TPSA) is 119 Å². The lowest BCUT2D eigenvalue weighted by Crippen LogP contribution is -2.45. The zero-order chi connectivity index (χ0) is 11.1. The maximum Gasteiger partial charge on any atom is 0.312 e. The Bertz CT molecular complexity index is 241. The summed E-state index contributed by atoms with van der Waals surface area (Å²) in [6.45, 7) is 0.183. The zero-order valence-electron chi connectivity index (χ0n) is 7.95. The highest BCUT2D eigenvalue weighted by molar-refractivity contribution is 6.35. The molecule has 14 heavy (non-hydrogen) atoms. The maximum atomic E-state index is 11.1. The molecule has 0 spiro atoms. The molecule has 0 saturated carbocycles. The van der Waals surface area contributed by atoms with Crippen molar-refractivity contribution in [1.29, 1.82) is 0 Å². The monoisotopic (exact) mass is 202 g/mol. The predicted octanol–water partition coefficient (Wildman–Crippen LogP) is -2.99. The number of hydrogen-bond donors (Lipinski definition) is 3. The van der Waals surface area contributed by atoms with E-state index in [2.05, 4.69) is 5.32 Å². The highest BCUT2D eigenvalue weighted by Gasteiger charge is 2.18. The lowest BCUT2D eigenvalue weighted by molar-refractivity contribution is -0.145. The molecule has 0 unspecified atom stereocenters. The average Bonchev–Trinajstić information content (AvgIpc) is 2.11. The molecule has 0 aromatic carbocycles. The van der Waals surface area contributed by atoms with Gasteiger partial charge in [0.2, 0.25) is 5.91 Å². The molecule has 0 aliphatic rings. The number of likely N-dealkylation sites (N-methyl/N-ethyl adjacent to an activating group) is 1. The van der Waals surface area contributed by atoms with Crippen molar-refractivity contribution in [2.45, 2.75) is 0 Å². The molecule has 0 aromatic rings. The molecule has 0 aliphatic carbocycles. The Morgan fingerprint density at radius 1 is 1.36 bits per heavy atom. The first-order chi connectivity index (χ1) is 6.49. The van der Waals surface area contributed by atoms with Crippen LogP contribution in [0.5, 0.6) is 0 Å². The smallest absolute Gasteiger partial charge is 0.312 e. The fourth-order valence-electron chi connectivity index (χ4n) is 0.740. The molecule has 0 rings (SSSR count). The summed E-state index contributed by atoms with van der Waals surface area (Å²) >= 11 is 0. The Labute approximate surface area is 81.4 Å². The Kier molecular flexibility index (Phi) is 5.23. The van der Waals surface area contributed by atoms with E-state index < -0.39 is 17.7 Å². The molecule has 7 heteroatoms. The lowest BCUT2D eigenvalue weighted by Gasteiger charge is -2.13. The average molecular weight is 202 g/mol. The van der Waals surface area contributed by atoms with E-state index in [1.165, 1.54) is 7.05 Å². The van der Waals surface area contributed by atoms with Crippen molar-refractivity contribution in [1.82, 2.24) is 10.2 Å². The number of nitrogens with zero attached hydrogens (tertiary/aromatic N) is 1. The molecule has 0 fully saturated rings. The van der Waals surface area contributed by atoms with Crippen molar-refractivity contribution >= 4 is 17.7 Å². The van der Waals surface area contributed by atoms with E-state index in [0.717, 1.165) is 4.90 Å². The fourth-order valence-corrected chi connectivity index (χ4v) is 0.740. The van der Waals surface area contributed by atoms with Crippen LogP contribution in [0.25, 0.3) is 0 Å². The third-order valence-corrected chi connectivity index (χ3v) is 1.36. The molecule has 0 saturated heterocycles. The minimum atomic E-state index is -0.808. The molecule has 0 heterocycles. The van der Waals surface area contributed by atoms with Gasteiger partial charge in [0.1, 0.15) is 0 Å². The van der Waals surface area contributed by atoms with Crippen molar-refractivity contribution in [3.8, 4) is 0 Å². The van der Waals surface area contributed by atoms with Gasteiger partial charge in [-0.25, -0.2) is 0 Å². The van der Waals surface area contributed by atoms with Gasteiger partial charge in [-0.2, -0.15) is 0 Å². The van der Waals surface area contributed by atoms with E-state index in [0.29, 0.717) is 0 Å². The van der Waals surface area contributed by atoms with Crippen LogP contribution in [0.15, 0.2) is 0 Å². The molecule has 0 bridgehead atoms. The van der Waals surface area contributed by atoms with Gasteiger partial charge in [0.05, 0.1) is 6.54 Å². The van der Waals surface area contributed by atoms with Crippen LogP contribution < -0.4 is 16.8 Å². The summed E-state index contributed by atoms with van der Waals surface area (Å²) in [4.78, 5) is 33.5. The van der Waals surface area contributed by atoms with Gasteiger partial charge in [-0.1, -0.05) is 0 Å². The minimum absolute atomic E-state index is 0.217. The predicted molar refractivity (Wildman–Crippen MR) is 48.9 cm³/mol. The number of carbonyl (C=O) groups excluding carboxylic acids is 3. The van der Waals surface area contributed by atoms with Gasteiger partial charge in [0.25, 0.3) is 0 Å². The molecule has 0 radical (unpaired) electrons. The van der Waals surface area contributed by atoms with Gasteiger partial charge in [0.15, 0.2) is 0 Å². The summed E-state index contributed by atoms with van der Waals surface area (Å²) in [5.41, 5.74) is 9.97. The second-order valence-electron chi connectivity index (χ2n) is 2.67. The molecule has 0 aliphatic heterocycles. The normalized spacial score (nSPS) is 9.29. The van der Waals surface area contributed by atoms with Crippen LogP contribution in [0.2, 0.25) is 0 Å². The van der Waals surface area contributed by atoms with Gasteiger partial charge in [0, 0.05) is 20.1 Å². The van der Waals surface area contributed by atoms with E-state index in [9.17, 15) is 14.4 Å². The summed E-state index contributed by atoms with van der Waals surface area (Å²) in [5.74, 6) is -2.27. The first kappa shape index (κ1) is 12.4. The van der Waals surface area contributed by atoms with Gasteiger partial charge in [-0.3, -0.25) is 14.4 Å². The highest BCUT2D eigenvalue weighted by atomic mass is 16.2. The Balaban J connectivity index is 4.04. The van der Waals surface area contributed by atoms with Crippen LogP contribution in [-0.4, -0.2) is 49.3 Å². The number of hydrogen-bond acceptors (Lipinski definition) is 4. The van der Waals surface area contributed by atoms with Crippen molar-refractivity contribution in [2.24, 2.45) is 11.5 Å². The number of primary amides is 1. The molecule has 7 nitrogen and oxygen atoms in total. The summed E-state index contributed by atoms with van der Waals surface area (Å²) in [6, 6.07) is 0. The first-order valence-electron chi connectivity index (χ1n) is 4.00. The molecule has 0 aromatic heterocycles. The van der Waals surface area contributed by atoms with Gasteiger partial charge < -0.3 is 21.7 Å². The quantitative estimate of drug-likeness (QED) is 0.421. The Morgan fingerprint density at radius 2 is 1.93 bits per heavy atom. The van der Waals surface area contributed by atoms with Crippen LogP contribution in [0.1, 0.15) is 0 Å². The van der Waals surface area contributed by atoms with Crippen LogP contribution in [0, 0.1) is 0 Å². The van der Waals surface area contributed by atoms with Crippen LogP contribution in [-0.2, 0) is 14.4 Å². The summed E-state index contributed by atoms with van der Waals surface area (Å²) in [5, 5.41) is 2.28. The van der Waals surface area contributed by atoms with Crippen molar-refractivity contribution in [3.63, 3.8) is 0 Å². The minimum Gasteiger partial charge on any atom is -0.368 e. The van der Waals surface area contributed by atoms with E-state index in [1.807, 2.05) is 0 Å². The molecule has 0 atom stereocenters. The van der Waals surface area contributed by atoms with Gasteiger partial charge >= 0.3 is 11.8 Å². The molecule has 3 amide bonds. The summed E-state index contributed by atoms with van der Waals surface area (Å²) in [6.07, 6.45) is 0. The van der Waals surface area contributed by atoms with Gasteiger partial charge in [-0.05, 0) is 0 Å². The van der Waals surface area contributed by atoms with E-state index >= 15 is 0 Å². The highest BCUT2D eigenvalue weighted by Crippen LogP contribution is 1.83. The lowest BCUT2D eigenvalue weighted by atomic mass is 10.4. The van der Waals surface area contributed by atoms with E-state index in [4.69, 9.17) is 11.5 Å². The first-order valence-corrected chi connectivity index (χ1v) is 4.00. The van der Waals surface area contributed by atoms with Crippen molar-refractivity contribution in [2.75, 3.05) is 26.7 Å². The largest absolute Gasteiger partial charge is 0.368 e.